The maximum absolute atomic E-state index is 13.3. The first-order valence-corrected chi connectivity index (χ1v) is 13.3. The molecule has 0 saturated carbocycles. The van der Waals surface area contributed by atoms with E-state index in [0.29, 0.717) is 11.4 Å². The van der Waals surface area contributed by atoms with Crippen molar-refractivity contribution < 1.29 is 24.2 Å². The number of carboxylic acids is 1. The Kier molecular flexibility index (Phi) is 9.28. The van der Waals surface area contributed by atoms with Gasteiger partial charge in [-0.25, -0.2) is 9.78 Å². The van der Waals surface area contributed by atoms with Crippen LogP contribution in [0.1, 0.15) is 36.9 Å². The van der Waals surface area contributed by atoms with Gasteiger partial charge in [-0.2, -0.15) is 4.99 Å². The van der Waals surface area contributed by atoms with E-state index in [2.05, 4.69) is 20.6 Å². The second kappa shape index (κ2) is 13.2. The number of guanidine groups is 1. The van der Waals surface area contributed by atoms with E-state index in [-0.39, 0.29) is 40.2 Å². The third-order valence-electron chi connectivity index (χ3n) is 5.78. The second-order valence-corrected chi connectivity index (χ2v) is 9.95. The fraction of sp³-hybridized carbons (Fsp3) is 0.138. The molecule has 4 aromatic rings. The molecule has 12 heteroatoms. The molecule has 0 radical (unpaired) electrons. The van der Waals surface area contributed by atoms with Gasteiger partial charge in [-0.1, -0.05) is 72.0 Å². The Hall–Kier alpha value is -5.23. The lowest BCUT2D eigenvalue weighted by Crippen LogP contribution is -2.42. The van der Waals surface area contributed by atoms with Crippen LogP contribution in [0.5, 0.6) is 5.75 Å². The predicted octanol–water partition coefficient (Wildman–Crippen LogP) is 3.61. The topological polar surface area (TPSA) is 182 Å². The summed E-state index contributed by atoms with van der Waals surface area (Å²) in [5, 5.41) is 15.3. The van der Waals surface area contributed by atoms with E-state index < -0.39 is 23.8 Å². The van der Waals surface area contributed by atoms with Gasteiger partial charge in [0.15, 0.2) is 5.96 Å². The number of aliphatic imine (C=N–C) groups is 1. The SMILES string of the molecule is Cc1nc(N=C(N)N)sc1C(=O)Nc1cc(OCc2ccccc2)cc(C(=O)NC(Cc2ccccc2)C(=O)O)c1. The molecule has 0 aliphatic heterocycles. The number of hydrogen-bond donors (Lipinski definition) is 5. The predicted molar refractivity (Wildman–Crippen MR) is 157 cm³/mol. The van der Waals surface area contributed by atoms with Crippen molar-refractivity contribution in [1.29, 1.82) is 0 Å². The lowest BCUT2D eigenvalue weighted by atomic mass is 10.1. The molecular weight excluding hydrogens is 544 g/mol. The van der Waals surface area contributed by atoms with Crippen molar-refractivity contribution in [2.24, 2.45) is 16.5 Å². The minimum atomic E-state index is -1.18. The average Bonchev–Trinajstić information content (AvgIpc) is 3.31. The van der Waals surface area contributed by atoms with E-state index in [0.717, 1.165) is 22.5 Å². The number of anilines is 1. The van der Waals surface area contributed by atoms with Gasteiger partial charge in [-0.3, -0.25) is 9.59 Å². The molecule has 2 amide bonds. The molecule has 41 heavy (non-hydrogen) atoms. The third kappa shape index (κ3) is 8.13. The molecule has 1 atom stereocenters. The third-order valence-corrected chi connectivity index (χ3v) is 6.83. The van der Waals surface area contributed by atoms with Crippen molar-refractivity contribution in [3.05, 3.63) is 106 Å². The minimum Gasteiger partial charge on any atom is -0.489 e. The molecular formula is C29H28N6O5S. The van der Waals surface area contributed by atoms with Crippen LogP contribution >= 0.6 is 11.3 Å². The molecule has 7 N–H and O–H groups in total. The largest absolute Gasteiger partial charge is 0.489 e. The maximum Gasteiger partial charge on any atom is 0.326 e. The van der Waals surface area contributed by atoms with Gasteiger partial charge in [0.1, 0.15) is 23.3 Å². The molecule has 1 heterocycles. The first kappa shape index (κ1) is 28.8. The number of aromatic nitrogens is 1. The Morgan fingerprint density at radius 2 is 1.63 bits per heavy atom. The van der Waals surface area contributed by atoms with Crippen LogP contribution < -0.4 is 26.8 Å². The molecule has 3 aromatic carbocycles. The van der Waals surface area contributed by atoms with Crippen LogP contribution in [-0.4, -0.2) is 39.9 Å². The van der Waals surface area contributed by atoms with Gasteiger partial charge in [0, 0.05) is 23.7 Å². The summed E-state index contributed by atoms with van der Waals surface area (Å²) in [5.41, 5.74) is 13.3. The van der Waals surface area contributed by atoms with Crippen LogP contribution in [0.15, 0.2) is 83.9 Å². The zero-order chi connectivity index (χ0) is 29.4. The second-order valence-electron chi connectivity index (χ2n) is 8.98. The Morgan fingerprint density at radius 1 is 0.976 bits per heavy atom. The van der Waals surface area contributed by atoms with Crippen molar-refractivity contribution in [2.75, 3.05) is 5.32 Å². The van der Waals surface area contributed by atoms with Gasteiger partial charge in [-0.05, 0) is 30.2 Å². The zero-order valence-corrected chi connectivity index (χ0v) is 22.9. The molecule has 210 valence electrons. The summed E-state index contributed by atoms with van der Waals surface area (Å²) in [6.07, 6.45) is 0.0957. The Labute approximate surface area is 239 Å². The number of rotatable bonds is 11. The molecule has 1 aromatic heterocycles. The Bertz CT molecular complexity index is 1570. The van der Waals surface area contributed by atoms with Crippen molar-refractivity contribution in [1.82, 2.24) is 10.3 Å². The van der Waals surface area contributed by atoms with Gasteiger partial charge in [0.2, 0.25) is 5.13 Å². The molecule has 4 rings (SSSR count). The number of ether oxygens (including phenoxy) is 1. The van der Waals surface area contributed by atoms with Gasteiger partial charge in [0.05, 0.1) is 5.69 Å². The fourth-order valence-electron chi connectivity index (χ4n) is 3.86. The smallest absolute Gasteiger partial charge is 0.326 e. The van der Waals surface area contributed by atoms with Crippen LogP contribution in [0.4, 0.5) is 10.8 Å². The summed E-state index contributed by atoms with van der Waals surface area (Å²) in [7, 11) is 0. The molecule has 11 nitrogen and oxygen atoms in total. The summed E-state index contributed by atoms with van der Waals surface area (Å²) >= 11 is 1.00. The van der Waals surface area contributed by atoms with Crippen LogP contribution in [0.3, 0.4) is 0 Å². The van der Waals surface area contributed by atoms with Gasteiger partial charge >= 0.3 is 5.97 Å². The van der Waals surface area contributed by atoms with Crippen molar-refractivity contribution in [3.63, 3.8) is 0 Å². The molecule has 0 aliphatic carbocycles. The standard InChI is InChI=1S/C29H28N6O5S/c1-17-24(41-29(32-17)35-28(30)31)26(37)33-21-13-20(14-22(15-21)40-16-19-10-6-3-7-11-19)25(36)34-23(27(38)39)12-18-8-4-2-5-9-18/h2-11,13-15,23H,12,16H2,1H3,(H,33,37)(H,34,36)(H,38,39)(H4,30,31,32,35). The quantitative estimate of drug-likeness (QED) is 0.133. The number of nitrogens with zero attached hydrogens (tertiary/aromatic N) is 2. The molecule has 1 unspecified atom stereocenters. The highest BCUT2D eigenvalue weighted by Crippen LogP contribution is 2.28. The summed E-state index contributed by atoms with van der Waals surface area (Å²) in [6, 6.07) is 21.7. The highest BCUT2D eigenvalue weighted by Gasteiger charge is 2.23. The normalized spacial score (nSPS) is 11.2. The van der Waals surface area contributed by atoms with E-state index in [1.165, 1.54) is 12.1 Å². The number of nitrogens with two attached hydrogens (primary N) is 2. The van der Waals surface area contributed by atoms with Crippen molar-refractivity contribution in [3.8, 4) is 5.75 Å². The van der Waals surface area contributed by atoms with E-state index in [9.17, 15) is 19.5 Å². The fourth-order valence-corrected chi connectivity index (χ4v) is 4.71. The summed E-state index contributed by atoms with van der Waals surface area (Å²) in [4.78, 5) is 46.7. The molecule has 0 bridgehead atoms. The maximum atomic E-state index is 13.3. The summed E-state index contributed by atoms with van der Waals surface area (Å²) < 4.78 is 5.93. The van der Waals surface area contributed by atoms with Crippen LogP contribution in [-0.2, 0) is 17.8 Å². The Balaban J connectivity index is 1.59. The number of carboxylic acid groups (broad SMARTS) is 1. The number of carbonyl (C=O) groups is 3. The van der Waals surface area contributed by atoms with Gasteiger partial charge in [-0.15, -0.1) is 0 Å². The van der Waals surface area contributed by atoms with Crippen molar-refractivity contribution >= 4 is 45.9 Å². The average molecular weight is 573 g/mol. The highest BCUT2D eigenvalue weighted by atomic mass is 32.1. The lowest BCUT2D eigenvalue weighted by Gasteiger charge is -2.16. The number of amides is 2. The van der Waals surface area contributed by atoms with Gasteiger partial charge < -0.3 is 31.9 Å². The van der Waals surface area contributed by atoms with Gasteiger partial charge in [0.25, 0.3) is 11.8 Å². The van der Waals surface area contributed by atoms with Crippen LogP contribution in [0, 0.1) is 6.92 Å². The number of carbonyl (C=O) groups excluding carboxylic acids is 2. The zero-order valence-electron chi connectivity index (χ0n) is 22.0. The summed E-state index contributed by atoms with van der Waals surface area (Å²) in [6.45, 7) is 1.86. The van der Waals surface area contributed by atoms with E-state index in [4.69, 9.17) is 16.2 Å². The lowest BCUT2D eigenvalue weighted by molar-refractivity contribution is -0.139. The van der Waals surface area contributed by atoms with E-state index in [1.54, 1.807) is 37.3 Å². The van der Waals surface area contributed by atoms with E-state index in [1.807, 2.05) is 36.4 Å². The Morgan fingerprint density at radius 3 is 2.27 bits per heavy atom. The van der Waals surface area contributed by atoms with Crippen LogP contribution in [0.25, 0.3) is 0 Å². The molecule has 0 aliphatic rings. The monoisotopic (exact) mass is 572 g/mol. The number of aryl methyl sites for hydroxylation is 1. The molecule has 0 saturated heterocycles. The number of thiazole rings is 1. The first-order chi connectivity index (χ1) is 19.7. The minimum absolute atomic E-state index is 0.0957. The molecule has 0 fully saturated rings. The summed E-state index contributed by atoms with van der Waals surface area (Å²) in [5.74, 6) is -2.19. The number of benzene rings is 3. The number of hydrogen-bond acceptors (Lipinski definition) is 7. The van der Waals surface area contributed by atoms with Crippen LogP contribution in [0.2, 0.25) is 0 Å². The van der Waals surface area contributed by atoms with Crippen molar-refractivity contribution in [2.45, 2.75) is 26.0 Å². The number of aliphatic carboxylic acids is 1. The highest BCUT2D eigenvalue weighted by molar-refractivity contribution is 7.17. The molecule has 0 spiro atoms. The number of nitrogens with one attached hydrogen (secondary N) is 2. The van der Waals surface area contributed by atoms with E-state index >= 15 is 0 Å². The first-order valence-electron chi connectivity index (χ1n) is 12.5.